The summed E-state index contributed by atoms with van der Waals surface area (Å²) in [5.41, 5.74) is 5.39. The topological polar surface area (TPSA) is 131 Å². The van der Waals surface area contributed by atoms with Crippen molar-refractivity contribution < 1.29 is 23.9 Å². The standard InChI is InChI=1S/C27H42N4O5/c1-9-11-15-31(24(34)20(17-21(28)32)29-25(35)36-27(6,7)8)22(23(33)30-26(3,4)5)19-14-12-13-18(10-2)16-19/h10,12-14,16,20,22H,2,9,11,15,17H2,1,3-8H3,(H2,28,32)(H,29,35)(H,30,33). The van der Waals surface area contributed by atoms with Gasteiger partial charge in [-0.2, -0.15) is 0 Å². The summed E-state index contributed by atoms with van der Waals surface area (Å²) >= 11 is 0. The number of ether oxygens (including phenoxy) is 1. The second-order valence-electron chi connectivity index (χ2n) is 10.8. The second kappa shape index (κ2) is 13.1. The van der Waals surface area contributed by atoms with Crippen LogP contribution in [0.25, 0.3) is 6.08 Å². The Morgan fingerprint density at radius 1 is 1.14 bits per heavy atom. The van der Waals surface area contributed by atoms with Crippen LogP contribution in [-0.2, 0) is 19.1 Å². The van der Waals surface area contributed by atoms with E-state index >= 15 is 0 Å². The third kappa shape index (κ3) is 10.5. The predicted molar refractivity (Wildman–Crippen MR) is 141 cm³/mol. The maximum atomic E-state index is 13.9. The van der Waals surface area contributed by atoms with E-state index in [9.17, 15) is 19.2 Å². The molecule has 0 aliphatic heterocycles. The molecule has 0 radical (unpaired) electrons. The van der Waals surface area contributed by atoms with Gasteiger partial charge in [0, 0.05) is 12.1 Å². The SMILES string of the molecule is C=Cc1cccc(C(C(=O)NC(C)(C)C)N(CCCC)C(=O)C(CC(N)=O)NC(=O)OC(C)(C)C)c1. The average molecular weight is 503 g/mol. The van der Waals surface area contributed by atoms with Gasteiger partial charge < -0.3 is 26.0 Å². The number of benzene rings is 1. The smallest absolute Gasteiger partial charge is 0.408 e. The van der Waals surface area contributed by atoms with Gasteiger partial charge in [0.2, 0.25) is 17.7 Å². The van der Waals surface area contributed by atoms with Crippen molar-refractivity contribution in [1.29, 1.82) is 0 Å². The Morgan fingerprint density at radius 3 is 2.28 bits per heavy atom. The van der Waals surface area contributed by atoms with E-state index in [2.05, 4.69) is 17.2 Å². The maximum absolute atomic E-state index is 13.9. The molecule has 2 atom stereocenters. The van der Waals surface area contributed by atoms with Gasteiger partial charge in [-0.1, -0.05) is 44.2 Å². The van der Waals surface area contributed by atoms with Gasteiger partial charge >= 0.3 is 6.09 Å². The van der Waals surface area contributed by atoms with Crippen molar-refractivity contribution in [1.82, 2.24) is 15.5 Å². The van der Waals surface area contributed by atoms with E-state index in [1.54, 1.807) is 45.0 Å². The normalized spacial score (nSPS) is 13.2. The van der Waals surface area contributed by atoms with Crippen LogP contribution in [0.4, 0.5) is 4.79 Å². The number of carbonyl (C=O) groups is 4. The number of amides is 4. The quantitative estimate of drug-likeness (QED) is 0.425. The molecule has 0 heterocycles. The minimum atomic E-state index is -1.30. The van der Waals surface area contributed by atoms with Gasteiger partial charge in [-0.25, -0.2) is 4.79 Å². The fourth-order valence-electron chi connectivity index (χ4n) is 3.51. The molecule has 0 aliphatic carbocycles. The number of hydrogen-bond acceptors (Lipinski definition) is 5. The molecule has 0 aromatic heterocycles. The van der Waals surface area contributed by atoms with Crippen LogP contribution in [0.1, 0.15) is 84.9 Å². The number of nitrogens with two attached hydrogens (primary N) is 1. The van der Waals surface area contributed by atoms with Crippen LogP contribution in [0.5, 0.6) is 0 Å². The van der Waals surface area contributed by atoms with Crippen molar-refractivity contribution in [2.75, 3.05) is 6.54 Å². The van der Waals surface area contributed by atoms with Crippen molar-refractivity contribution in [2.45, 2.75) is 91.0 Å². The first-order chi connectivity index (χ1) is 16.6. The molecular weight excluding hydrogens is 460 g/mol. The lowest BCUT2D eigenvalue weighted by molar-refractivity contribution is -0.144. The summed E-state index contributed by atoms with van der Waals surface area (Å²) in [7, 11) is 0. The lowest BCUT2D eigenvalue weighted by atomic mass is 9.98. The molecular formula is C27H42N4O5. The lowest BCUT2D eigenvalue weighted by Gasteiger charge is -2.36. The van der Waals surface area contributed by atoms with E-state index in [0.717, 1.165) is 12.0 Å². The second-order valence-corrected chi connectivity index (χ2v) is 10.8. The van der Waals surface area contributed by atoms with E-state index in [1.807, 2.05) is 33.8 Å². The summed E-state index contributed by atoms with van der Waals surface area (Å²) in [4.78, 5) is 53.2. The zero-order valence-electron chi connectivity index (χ0n) is 22.6. The molecule has 9 nitrogen and oxygen atoms in total. The van der Waals surface area contributed by atoms with Crippen LogP contribution in [0, 0.1) is 0 Å². The van der Waals surface area contributed by atoms with Crippen LogP contribution in [0.15, 0.2) is 30.8 Å². The third-order valence-corrected chi connectivity index (χ3v) is 4.95. The van der Waals surface area contributed by atoms with Crippen molar-refractivity contribution in [3.05, 3.63) is 42.0 Å². The molecule has 9 heteroatoms. The number of primary amides is 1. The van der Waals surface area contributed by atoms with Crippen molar-refractivity contribution in [2.24, 2.45) is 5.73 Å². The minimum absolute atomic E-state index is 0.223. The minimum Gasteiger partial charge on any atom is -0.444 e. The molecule has 4 amide bonds. The summed E-state index contributed by atoms with van der Waals surface area (Å²) < 4.78 is 5.29. The first kappa shape index (κ1) is 30.7. The van der Waals surface area contributed by atoms with Gasteiger partial charge in [0.05, 0.1) is 6.42 Å². The molecule has 1 rings (SSSR count). The van der Waals surface area contributed by atoms with Crippen LogP contribution < -0.4 is 16.4 Å². The fourth-order valence-corrected chi connectivity index (χ4v) is 3.51. The van der Waals surface area contributed by atoms with Crippen molar-refractivity contribution >= 4 is 29.9 Å². The maximum Gasteiger partial charge on any atom is 0.408 e. The number of unbranched alkanes of at least 4 members (excludes halogenated alkanes) is 1. The third-order valence-electron chi connectivity index (χ3n) is 4.95. The number of nitrogens with one attached hydrogen (secondary N) is 2. The van der Waals surface area contributed by atoms with Gasteiger partial charge in [-0.3, -0.25) is 14.4 Å². The van der Waals surface area contributed by atoms with Gasteiger partial charge in [0.15, 0.2) is 0 Å². The molecule has 4 N–H and O–H groups in total. The summed E-state index contributed by atoms with van der Waals surface area (Å²) in [6.45, 7) is 16.6. The molecule has 0 aliphatic rings. The molecule has 36 heavy (non-hydrogen) atoms. The number of alkyl carbamates (subject to hydrolysis) is 1. The van der Waals surface area contributed by atoms with Gasteiger partial charge in [0.1, 0.15) is 17.7 Å². The van der Waals surface area contributed by atoms with Crippen LogP contribution in [0.3, 0.4) is 0 Å². The monoisotopic (exact) mass is 502 g/mol. The fraction of sp³-hybridized carbons (Fsp3) is 0.556. The zero-order valence-corrected chi connectivity index (χ0v) is 22.6. The van der Waals surface area contributed by atoms with Crippen LogP contribution >= 0.6 is 0 Å². The molecule has 0 saturated carbocycles. The van der Waals surface area contributed by atoms with E-state index < -0.39 is 47.6 Å². The molecule has 0 fully saturated rings. The number of carbonyl (C=O) groups excluding carboxylic acids is 4. The first-order valence-electron chi connectivity index (χ1n) is 12.2. The predicted octanol–water partition coefficient (Wildman–Crippen LogP) is 3.68. The number of rotatable bonds is 11. The van der Waals surface area contributed by atoms with Gasteiger partial charge in [-0.15, -0.1) is 0 Å². The highest BCUT2D eigenvalue weighted by molar-refractivity contribution is 5.94. The Hall–Kier alpha value is -3.36. The Morgan fingerprint density at radius 2 is 1.78 bits per heavy atom. The van der Waals surface area contributed by atoms with Crippen molar-refractivity contribution in [3.63, 3.8) is 0 Å². The highest BCUT2D eigenvalue weighted by Gasteiger charge is 2.37. The highest BCUT2D eigenvalue weighted by Crippen LogP contribution is 2.26. The first-order valence-corrected chi connectivity index (χ1v) is 12.2. The molecule has 0 saturated heterocycles. The molecule has 200 valence electrons. The summed E-state index contributed by atoms with van der Waals surface area (Å²) in [5.74, 6) is -1.77. The highest BCUT2D eigenvalue weighted by atomic mass is 16.6. The largest absolute Gasteiger partial charge is 0.444 e. The zero-order chi connectivity index (χ0) is 27.7. The number of nitrogens with zero attached hydrogens (tertiary/aromatic N) is 1. The summed E-state index contributed by atoms with van der Waals surface area (Å²) in [5, 5.41) is 5.43. The van der Waals surface area contributed by atoms with E-state index in [1.165, 1.54) is 4.90 Å². The van der Waals surface area contributed by atoms with Crippen molar-refractivity contribution in [3.8, 4) is 0 Å². The Bertz CT molecular complexity index is 946. The number of hydrogen-bond donors (Lipinski definition) is 3. The summed E-state index contributed by atoms with van der Waals surface area (Å²) in [6, 6.07) is 4.85. The molecule has 1 aromatic carbocycles. The van der Waals surface area contributed by atoms with E-state index in [4.69, 9.17) is 10.5 Å². The van der Waals surface area contributed by atoms with Crippen LogP contribution in [0.2, 0.25) is 0 Å². The molecule has 0 bridgehead atoms. The molecule has 0 spiro atoms. The van der Waals surface area contributed by atoms with Crippen LogP contribution in [-0.4, -0.2) is 52.4 Å². The van der Waals surface area contributed by atoms with Gasteiger partial charge in [0.25, 0.3) is 0 Å². The Balaban J connectivity index is 3.56. The Labute approximate surface area is 214 Å². The van der Waals surface area contributed by atoms with E-state index in [-0.39, 0.29) is 12.5 Å². The lowest BCUT2D eigenvalue weighted by Crippen LogP contribution is -2.55. The average Bonchev–Trinajstić information content (AvgIpc) is 2.72. The summed E-state index contributed by atoms with van der Waals surface area (Å²) in [6.07, 6.45) is 1.70. The Kier molecular flexibility index (Phi) is 11.2. The molecule has 1 aromatic rings. The van der Waals surface area contributed by atoms with E-state index in [0.29, 0.717) is 12.0 Å². The van der Waals surface area contributed by atoms with Gasteiger partial charge in [-0.05, 0) is 65.2 Å². The molecule has 2 unspecified atom stereocenters.